The Kier molecular flexibility index (Phi) is 6.40. The van der Waals surface area contributed by atoms with Crippen LogP contribution in [0, 0.1) is 5.82 Å². The van der Waals surface area contributed by atoms with Gasteiger partial charge in [-0.3, -0.25) is 19.4 Å². The maximum absolute atomic E-state index is 13.2. The first-order chi connectivity index (χ1) is 14.6. The van der Waals surface area contributed by atoms with E-state index in [9.17, 15) is 14.0 Å². The fraction of sp³-hybridized carbons (Fsp3) is 0.391. The van der Waals surface area contributed by atoms with Gasteiger partial charge < -0.3 is 10.6 Å². The zero-order valence-corrected chi connectivity index (χ0v) is 16.9. The van der Waals surface area contributed by atoms with Gasteiger partial charge in [0.25, 0.3) is 0 Å². The van der Waals surface area contributed by atoms with E-state index in [2.05, 4.69) is 20.4 Å². The number of halogens is 1. The van der Waals surface area contributed by atoms with Crippen LogP contribution < -0.4 is 10.6 Å². The molecule has 0 unspecified atom stereocenters. The third-order valence-corrected chi connectivity index (χ3v) is 5.56. The molecule has 1 atom stereocenters. The second-order valence-electron chi connectivity index (χ2n) is 7.96. The molecule has 6 nitrogen and oxygen atoms in total. The molecular formula is C23H27FN4O2. The third-order valence-electron chi connectivity index (χ3n) is 5.56. The summed E-state index contributed by atoms with van der Waals surface area (Å²) in [5.74, 6) is -0.401. The molecule has 0 spiro atoms. The summed E-state index contributed by atoms with van der Waals surface area (Å²) in [5, 5.41) is 5.94. The highest BCUT2D eigenvalue weighted by Gasteiger charge is 2.31. The van der Waals surface area contributed by atoms with Crippen LogP contribution in [0.4, 0.5) is 10.1 Å². The number of hydrogen-bond acceptors (Lipinski definition) is 4. The monoisotopic (exact) mass is 410 g/mol. The van der Waals surface area contributed by atoms with E-state index in [0.29, 0.717) is 31.4 Å². The summed E-state index contributed by atoms with van der Waals surface area (Å²) in [4.78, 5) is 29.5. The summed E-state index contributed by atoms with van der Waals surface area (Å²) in [5.41, 5.74) is 1.48. The molecule has 1 aliphatic heterocycles. The summed E-state index contributed by atoms with van der Waals surface area (Å²) in [6, 6.07) is 15.4. The first-order valence-electron chi connectivity index (χ1n) is 10.5. The molecule has 2 aromatic carbocycles. The minimum Gasteiger partial charge on any atom is -0.352 e. The van der Waals surface area contributed by atoms with Crippen molar-refractivity contribution in [2.24, 2.45) is 0 Å². The van der Waals surface area contributed by atoms with Gasteiger partial charge in [0, 0.05) is 37.9 Å². The van der Waals surface area contributed by atoms with Crippen molar-refractivity contribution in [1.82, 2.24) is 15.1 Å². The van der Waals surface area contributed by atoms with E-state index >= 15 is 0 Å². The Balaban J connectivity index is 1.40. The highest BCUT2D eigenvalue weighted by Crippen LogP contribution is 2.24. The van der Waals surface area contributed by atoms with E-state index in [0.717, 1.165) is 31.5 Å². The molecule has 0 bridgehead atoms. The van der Waals surface area contributed by atoms with Crippen LogP contribution in [0.1, 0.15) is 24.4 Å². The molecular weight excluding hydrogens is 383 g/mol. The first-order valence-corrected chi connectivity index (χ1v) is 10.5. The molecule has 2 fully saturated rings. The maximum Gasteiger partial charge on any atom is 0.246 e. The highest BCUT2D eigenvalue weighted by atomic mass is 19.1. The van der Waals surface area contributed by atoms with Gasteiger partial charge in [-0.25, -0.2) is 4.39 Å². The fourth-order valence-electron chi connectivity index (χ4n) is 3.79. The van der Waals surface area contributed by atoms with Crippen molar-refractivity contribution in [2.75, 3.05) is 38.0 Å². The van der Waals surface area contributed by atoms with Crippen molar-refractivity contribution in [3.63, 3.8) is 0 Å². The topological polar surface area (TPSA) is 64.7 Å². The van der Waals surface area contributed by atoms with Crippen molar-refractivity contribution in [2.45, 2.75) is 24.9 Å². The molecule has 0 aromatic heterocycles. The predicted octanol–water partition coefficient (Wildman–Crippen LogP) is 2.40. The lowest BCUT2D eigenvalue weighted by molar-refractivity contribution is -0.125. The Bertz CT molecular complexity index is 863. The molecule has 2 aliphatic rings. The van der Waals surface area contributed by atoms with Crippen molar-refractivity contribution in [3.8, 4) is 0 Å². The van der Waals surface area contributed by atoms with Crippen LogP contribution >= 0.6 is 0 Å². The molecule has 2 amide bonds. The number of benzene rings is 2. The van der Waals surface area contributed by atoms with Gasteiger partial charge in [0.05, 0.1) is 6.54 Å². The zero-order chi connectivity index (χ0) is 20.9. The molecule has 7 heteroatoms. The molecule has 4 rings (SSSR count). The molecule has 30 heavy (non-hydrogen) atoms. The number of nitrogens with one attached hydrogen (secondary N) is 2. The van der Waals surface area contributed by atoms with Gasteiger partial charge in [0.2, 0.25) is 11.8 Å². The van der Waals surface area contributed by atoms with Crippen LogP contribution in [0.5, 0.6) is 0 Å². The largest absolute Gasteiger partial charge is 0.352 e. The lowest BCUT2D eigenvalue weighted by atomic mass is 10.0. The number of rotatable bonds is 7. The van der Waals surface area contributed by atoms with Gasteiger partial charge in [-0.2, -0.15) is 0 Å². The highest BCUT2D eigenvalue weighted by molar-refractivity contribution is 5.95. The molecule has 1 heterocycles. The zero-order valence-electron chi connectivity index (χ0n) is 16.9. The summed E-state index contributed by atoms with van der Waals surface area (Å²) in [6.07, 6.45) is 2.17. The van der Waals surface area contributed by atoms with Crippen molar-refractivity contribution in [3.05, 3.63) is 66.0 Å². The van der Waals surface area contributed by atoms with E-state index in [1.165, 1.54) is 12.1 Å². The Morgan fingerprint density at radius 3 is 2.27 bits per heavy atom. The SMILES string of the molecule is O=C(CN1CCN([C@H](C(=O)Nc2ccc(F)cc2)c2ccccc2)CC1)NC1CC1. The summed E-state index contributed by atoms with van der Waals surface area (Å²) in [6.45, 7) is 3.23. The van der Waals surface area contributed by atoms with Gasteiger partial charge in [-0.05, 0) is 42.7 Å². The summed E-state index contributed by atoms with van der Waals surface area (Å²) >= 11 is 0. The van der Waals surface area contributed by atoms with E-state index in [4.69, 9.17) is 0 Å². The van der Waals surface area contributed by atoms with Gasteiger partial charge in [-0.15, -0.1) is 0 Å². The average molecular weight is 410 g/mol. The number of carbonyl (C=O) groups excluding carboxylic acids is 2. The van der Waals surface area contributed by atoms with Crippen LogP contribution in [-0.2, 0) is 9.59 Å². The number of hydrogen-bond donors (Lipinski definition) is 2. The lowest BCUT2D eigenvalue weighted by Crippen LogP contribution is -2.52. The second-order valence-corrected chi connectivity index (χ2v) is 7.96. The molecule has 1 saturated carbocycles. The Morgan fingerprint density at radius 1 is 0.967 bits per heavy atom. The van der Waals surface area contributed by atoms with Crippen LogP contribution in [0.3, 0.4) is 0 Å². The van der Waals surface area contributed by atoms with Crippen LogP contribution in [0.2, 0.25) is 0 Å². The summed E-state index contributed by atoms with van der Waals surface area (Å²) in [7, 11) is 0. The molecule has 1 aliphatic carbocycles. The maximum atomic E-state index is 13.2. The van der Waals surface area contributed by atoms with E-state index in [-0.39, 0.29) is 17.6 Å². The Labute approximate surface area is 176 Å². The van der Waals surface area contributed by atoms with Crippen LogP contribution in [-0.4, -0.2) is 60.4 Å². The summed E-state index contributed by atoms with van der Waals surface area (Å²) < 4.78 is 13.2. The molecule has 1 saturated heterocycles. The van der Waals surface area contributed by atoms with Crippen molar-refractivity contribution >= 4 is 17.5 Å². The Hall–Kier alpha value is -2.77. The van der Waals surface area contributed by atoms with Crippen molar-refractivity contribution in [1.29, 1.82) is 0 Å². The van der Waals surface area contributed by atoms with Gasteiger partial charge in [0.1, 0.15) is 11.9 Å². The molecule has 2 aromatic rings. The normalized spacial score (nSPS) is 18.6. The van der Waals surface area contributed by atoms with Gasteiger partial charge in [-0.1, -0.05) is 30.3 Å². The van der Waals surface area contributed by atoms with E-state index < -0.39 is 6.04 Å². The second kappa shape index (κ2) is 9.36. The van der Waals surface area contributed by atoms with E-state index in [1.54, 1.807) is 12.1 Å². The number of piperazine rings is 1. The molecule has 0 radical (unpaired) electrons. The number of anilines is 1. The fourth-order valence-corrected chi connectivity index (χ4v) is 3.79. The minimum absolute atomic E-state index is 0.0830. The minimum atomic E-state index is -0.446. The standard InChI is InChI=1S/C23H27FN4O2/c24-18-6-8-20(9-7-18)26-23(30)22(17-4-2-1-3-5-17)28-14-12-27(13-15-28)16-21(29)25-19-10-11-19/h1-9,19,22H,10-16H2,(H,25,29)(H,26,30)/t22-/m0/s1. The number of nitrogens with zero attached hydrogens (tertiary/aromatic N) is 2. The third kappa shape index (κ3) is 5.43. The molecule has 2 N–H and O–H groups in total. The van der Waals surface area contributed by atoms with E-state index in [1.807, 2.05) is 30.3 Å². The van der Waals surface area contributed by atoms with Crippen LogP contribution in [0.25, 0.3) is 0 Å². The van der Waals surface area contributed by atoms with Crippen molar-refractivity contribution < 1.29 is 14.0 Å². The van der Waals surface area contributed by atoms with Gasteiger partial charge >= 0.3 is 0 Å². The predicted molar refractivity (Wildman–Crippen MR) is 113 cm³/mol. The first kappa shape index (κ1) is 20.5. The van der Waals surface area contributed by atoms with Gasteiger partial charge in [0.15, 0.2) is 0 Å². The smallest absolute Gasteiger partial charge is 0.246 e. The molecule has 158 valence electrons. The van der Waals surface area contributed by atoms with Crippen LogP contribution in [0.15, 0.2) is 54.6 Å². The number of amides is 2. The number of carbonyl (C=O) groups is 2. The average Bonchev–Trinajstić information content (AvgIpc) is 3.56. The lowest BCUT2D eigenvalue weighted by Gasteiger charge is -2.38. The quantitative estimate of drug-likeness (QED) is 0.736. The Morgan fingerprint density at radius 2 is 1.63 bits per heavy atom.